The van der Waals surface area contributed by atoms with Crippen LogP contribution < -0.4 is 5.32 Å². The first-order valence-corrected chi connectivity index (χ1v) is 6.10. The van der Waals surface area contributed by atoms with Crippen LogP contribution in [0, 0.1) is 5.92 Å². The molecule has 0 aliphatic rings. The van der Waals surface area contributed by atoms with E-state index in [1.165, 1.54) is 14.0 Å². The van der Waals surface area contributed by atoms with Crippen LogP contribution in [0.2, 0.25) is 0 Å². The molecule has 2 unspecified atom stereocenters. The predicted octanol–water partition coefficient (Wildman–Crippen LogP) is 0.299. The molecule has 0 aliphatic heterocycles. The quantitative estimate of drug-likeness (QED) is 0.511. The van der Waals surface area contributed by atoms with Crippen LogP contribution in [0.5, 0.6) is 0 Å². The zero-order valence-electron chi connectivity index (χ0n) is 11.0. The molecule has 17 heavy (non-hydrogen) atoms. The molecular formula is C12H25NO4. The molecule has 0 aromatic rings. The van der Waals surface area contributed by atoms with Crippen molar-refractivity contribution in [1.29, 1.82) is 0 Å². The van der Waals surface area contributed by atoms with E-state index < -0.39 is 11.6 Å². The van der Waals surface area contributed by atoms with Crippen LogP contribution in [0.25, 0.3) is 0 Å². The number of rotatable bonds is 9. The van der Waals surface area contributed by atoms with Crippen molar-refractivity contribution in [2.75, 3.05) is 26.8 Å². The van der Waals surface area contributed by atoms with Gasteiger partial charge in [-0.1, -0.05) is 13.3 Å². The standard InChI is InChI=1S/C12H25NO4/c1-4-5-10(6-7-14)8-13-9-12(2,16)11(15)17-3/h10,13-14,16H,4-9H2,1-3H3. The third-order valence-electron chi connectivity index (χ3n) is 2.76. The molecule has 5 heteroatoms. The van der Waals surface area contributed by atoms with Crippen molar-refractivity contribution in [2.24, 2.45) is 5.92 Å². The Hall–Kier alpha value is -0.650. The zero-order chi connectivity index (χ0) is 13.3. The molecule has 0 bridgehead atoms. The molecular weight excluding hydrogens is 222 g/mol. The van der Waals surface area contributed by atoms with Crippen LogP contribution in [-0.4, -0.2) is 48.6 Å². The molecule has 0 saturated carbocycles. The SMILES string of the molecule is CCCC(CCO)CNCC(C)(O)C(=O)OC. The van der Waals surface area contributed by atoms with Crippen LogP contribution in [0.15, 0.2) is 0 Å². The summed E-state index contributed by atoms with van der Waals surface area (Å²) in [6.07, 6.45) is 2.81. The van der Waals surface area contributed by atoms with Gasteiger partial charge in [0.1, 0.15) is 0 Å². The molecule has 0 aliphatic carbocycles. The summed E-state index contributed by atoms with van der Waals surface area (Å²) in [5.41, 5.74) is -1.50. The molecule has 0 amide bonds. The lowest BCUT2D eigenvalue weighted by Crippen LogP contribution is -2.46. The van der Waals surface area contributed by atoms with Crippen molar-refractivity contribution in [3.8, 4) is 0 Å². The fourth-order valence-corrected chi connectivity index (χ4v) is 1.75. The van der Waals surface area contributed by atoms with E-state index in [2.05, 4.69) is 17.0 Å². The number of aliphatic hydroxyl groups is 2. The van der Waals surface area contributed by atoms with Gasteiger partial charge < -0.3 is 20.3 Å². The van der Waals surface area contributed by atoms with Crippen molar-refractivity contribution >= 4 is 5.97 Å². The lowest BCUT2D eigenvalue weighted by Gasteiger charge is -2.22. The minimum Gasteiger partial charge on any atom is -0.467 e. The van der Waals surface area contributed by atoms with E-state index in [4.69, 9.17) is 5.11 Å². The second kappa shape index (κ2) is 8.44. The third-order valence-corrected chi connectivity index (χ3v) is 2.76. The van der Waals surface area contributed by atoms with Gasteiger partial charge in [-0.15, -0.1) is 0 Å². The summed E-state index contributed by atoms with van der Waals surface area (Å²) >= 11 is 0. The highest BCUT2D eigenvalue weighted by Gasteiger charge is 2.30. The summed E-state index contributed by atoms with van der Waals surface area (Å²) in [4.78, 5) is 11.2. The van der Waals surface area contributed by atoms with E-state index in [9.17, 15) is 9.90 Å². The van der Waals surface area contributed by atoms with Gasteiger partial charge in [0, 0.05) is 13.2 Å². The second-order valence-corrected chi connectivity index (χ2v) is 4.56. The molecule has 0 heterocycles. The summed E-state index contributed by atoms with van der Waals surface area (Å²) in [5, 5.41) is 21.7. The van der Waals surface area contributed by atoms with Gasteiger partial charge in [0.25, 0.3) is 0 Å². The molecule has 2 atom stereocenters. The van der Waals surface area contributed by atoms with Crippen LogP contribution in [0.3, 0.4) is 0 Å². The van der Waals surface area contributed by atoms with Crippen LogP contribution in [-0.2, 0) is 9.53 Å². The molecule has 0 rings (SSSR count). The maximum Gasteiger partial charge on any atom is 0.338 e. The first-order valence-electron chi connectivity index (χ1n) is 6.10. The summed E-state index contributed by atoms with van der Waals surface area (Å²) < 4.78 is 4.50. The van der Waals surface area contributed by atoms with Crippen molar-refractivity contribution in [1.82, 2.24) is 5.32 Å². The smallest absolute Gasteiger partial charge is 0.338 e. The van der Waals surface area contributed by atoms with E-state index in [-0.39, 0.29) is 13.2 Å². The van der Waals surface area contributed by atoms with E-state index >= 15 is 0 Å². The number of esters is 1. The summed E-state index contributed by atoms with van der Waals surface area (Å²) in [6, 6.07) is 0. The van der Waals surface area contributed by atoms with Crippen LogP contribution in [0.4, 0.5) is 0 Å². The number of carbonyl (C=O) groups is 1. The van der Waals surface area contributed by atoms with Gasteiger partial charge in [-0.25, -0.2) is 4.79 Å². The van der Waals surface area contributed by atoms with Crippen LogP contribution >= 0.6 is 0 Å². The Labute approximate surface area is 103 Å². The van der Waals surface area contributed by atoms with Gasteiger partial charge >= 0.3 is 5.97 Å². The largest absolute Gasteiger partial charge is 0.467 e. The number of nitrogens with one attached hydrogen (secondary N) is 1. The van der Waals surface area contributed by atoms with Crippen molar-refractivity contribution < 1.29 is 19.7 Å². The molecule has 0 spiro atoms. The van der Waals surface area contributed by atoms with Gasteiger partial charge in [0.2, 0.25) is 0 Å². The number of ether oxygens (including phenoxy) is 1. The maximum atomic E-state index is 11.2. The van der Waals surface area contributed by atoms with Crippen molar-refractivity contribution in [3.05, 3.63) is 0 Å². The van der Waals surface area contributed by atoms with E-state index in [0.717, 1.165) is 19.3 Å². The van der Waals surface area contributed by atoms with Crippen molar-refractivity contribution in [3.63, 3.8) is 0 Å². The average molecular weight is 247 g/mol. The molecule has 0 radical (unpaired) electrons. The topological polar surface area (TPSA) is 78.8 Å². The predicted molar refractivity (Wildman–Crippen MR) is 65.6 cm³/mol. The summed E-state index contributed by atoms with van der Waals surface area (Å²) in [7, 11) is 1.25. The lowest BCUT2D eigenvalue weighted by molar-refractivity contribution is -0.159. The maximum absolute atomic E-state index is 11.2. The number of methoxy groups -OCH3 is 1. The molecule has 0 aromatic carbocycles. The Kier molecular flexibility index (Phi) is 8.12. The Morgan fingerprint density at radius 3 is 2.59 bits per heavy atom. The first kappa shape index (κ1) is 16.4. The van der Waals surface area contributed by atoms with Gasteiger partial charge in [-0.3, -0.25) is 0 Å². The number of hydrogen-bond acceptors (Lipinski definition) is 5. The monoisotopic (exact) mass is 247 g/mol. The number of hydrogen-bond donors (Lipinski definition) is 3. The Bertz CT molecular complexity index is 213. The molecule has 0 aromatic heterocycles. The van der Waals surface area contributed by atoms with E-state index in [1.54, 1.807) is 0 Å². The first-order chi connectivity index (χ1) is 7.97. The Balaban J connectivity index is 3.97. The van der Waals surface area contributed by atoms with Gasteiger partial charge in [0.15, 0.2) is 5.60 Å². The molecule has 5 nitrogen and oxygen atoms in total. The number of carbonyl (C=O) groups excluding carboxylic acids is 1. The third kappa shape index (κ3) is 6.61. The lowest BCUT2D eigenvalue weighted by atomic mass is 9.99. The zero-order valence-corrected chi connectivity index (χ0v) is 11.0. The fraction of sp³-hybridized carbons (Fsp3) is 0.917. The van der Waals surface area contributed by atoms with Gasteiger partial charge in [0.05, 0.1) is 7.11 Å². The minimum atomic E-state index is -1.50. The molecule has 0 fully saturated rings. The average Bonchev–Trinajstić information content (AvgIpc) is 2.28. The highest BCUT2D eigenvalue weighted by molar-refractivity contribution is 5.78. The summed E-state index contributed by atoms with van der Waals surface area (Å²) in [5.74, 6) is -0.266. The van der Waals surface area contributed by atoms with Crippen molar-refractivity contribution in [2.45, 2.75) is 38.7 Å². The Morgan fingerprint density at radius 1 is 1.47 bits per heavy atom. The summed E-state index contributed by atoms with van der Waals surface area (Å²) in [6.45, 7) is 4.52. The highest BCUT2D eigenvalue weighted by Crippen LogP contribution is 2.10. The van der Waals surface area contributed by atoms with Gasteiger partial charge in [-0.2, -0.15) is 0 Å². The molecule has 102 valence electrons. The number of aliphatic hydroxyl groups excluding tert-OH is 1. The fourth-order valence-electron chi connectivity index (χ4n) is 1.75. The minimum absolute atomic E-state index is 0.158. The van der Waals surface area contributed by atoms with E-state index in [1.807, 2.05) is 0 Å². The second-order valence-electron chi connectivity index (χ2n) is 4.56. The van der Waals surface area contributed by atoms with Gasteiger partial charge in [-0.05, 0) is 32.2 Å². The van der Waals surface area contributed by atoms with E-state index in [0.29, 0.717) is 12.5 Å². The highest BCUT2D eigenvalue weighted by atomic mass is 16.5. The van der Waals surface area contributed by atoms with Crippen LogP contribution in [0.1, 0.15) is 33.1 Å². The Morgan fingerprint density at radius 2 is 2.12 bits per heavy atom. The molecule has 3 N–H and O–H groups in total. The normalized spacial score (nSPS) is 16.3. The molecule has 0 saturated heterocycles.